The van der Waals surface area contributed by atoms with Gasteiger partial charge in [0.1, 0.15) is 5.82 Å². The number of nitrogens with zero attached hydrogens (tertiary/aromatic N) is 2. The van der Waals surface area contributed by atoms with Crippen molar-refractivity contribution < 1.29 is 4.39 Å². The van der Waals surface area contributed by atoms with Crippen molar-refractivity contribution in [1.29, 1.82) is 0 Å². The quantitative estimate of drug-likeness (QED) is 0.627. The predicted molar refractivity (Wildman–Crippen MR) is 89.2 cm³/mol. The first-order chi connectivity index (χ1) is 11.2. The van der Waals surface area contributed by atoms with E-state index in [2.05, 4.69) is 23.2 Å². The SMILES string of the molecule is Fc1ccccc1C(c1ccc2c(c1)C(Cl)CC2)n1ccnc1. The lowest BCUT2D eigenvalue weighted by Crippen LogP contribution is -2.13. The van der Waals surface area contributed by atoms with Gasteiger partial charge in [-0.2, -0.15) is 0 Å². The lowest BCUT2D eigenvalue weighted by atomic mass is 9.95. The molecule has 0 aliphatic heterocycles. The Morgan fingerprint density at radius 1 is 1.22 bits per heavy atom. The summed E-state index contributed by atoms with van der Waals surface area (Å²) >= 11 is 6.43. The largest absolute Gasteiger partial charge is 0.326 e. The maximum absolute atomic E-state index is 14.4. The van der Waals surface area contributed by atoms with Crippen molar-refractivity contribution in [2.24, 2.45) is 0 Å². The van der Waals surface area contributed by atoms with Crippen molar-refractivity contribution in [3.05, 3.63) is 89.3 Å². The molecule has 1 aromatic heterocycles. The molecule has 2 atom stereocenters. The smallest absolute Gasteiger partial charge is 0.128 e. The van der Waals surface area contributed by atoms with E-state index in [4.69, 9.17) is 11.6 Å². The highest BCUT2D eigenvalue weighted by molar-refractivity contribution is 6.21. The molecule has 1 aliphatic rings. The molecule has 4 rings (SSSR count). The molecule has 0 fully saturated rings. The Kier molecular flexibility index (Phi) is 3.66. The summed E-state index contributed by atoms with van der Waals surface area (Å²) in [6.45, 7) is 0. The van der Waals surface area contributed by atoms with Gasteiger partial charge in [-0.05, 0) is 35.6 Å². The molecule has 3 aromatic rings. The van der Waals surface area contributed by atoms with Gasteiger partial charge in [-0.3, -0.25) is 0 Å². The van der Waals surface area contributed by atoms with E-state index in [-0.39, 0.29) is 17.2 Å². The third kappa shape index (κ3) is 2.55. The normalized spacial score (nSPS) is 17.9. The maximum atomic E-state index is 14.4. The van der Waals surface area contributed by atoms with E-state index in [1.807, 2.05) is 22.9 Å². The first-order valence-electron chi connectivity index (χ1n) is 7.72. The van der Waals surface area contributed by atoms with Crippen molar-refractivity contribution in [3.63, 3.8) is 0 Å². The van der Waals surface area contributed by atoms with Gasteiger partial charge >= 0.3 is 0 Å². The number of aromatic nitrogens is 2. The molecule has 0 spiro atoms. The Morgan fingerprint density at radius 2 is 2.09 bits per heavy atom. The number of imidazole rings is 1. The molecular weight excluding hydrogens is 311 g/mol. The van der Waals surface area contributed by atoms with Gasteiger partial charge in [-0.15, -0.1) is 11.6 Å². The Bertz CT molecular complexity index is 829. The zero-order chi connectivity index (χ0) is 15.8. The number of hydrogen-bond acceptors (Lipinski definition) is 1. The van der Waals surface area contributed by atoms with E-state index < -0.39 is 0 Å². The summed E-state index contributed by atoms with van der Waals surface area (Å²) < 4.78 is 16.3. The third-order valence-corrected chi connectivity index (χ3v) is 4.97. The van der Waals surface area contributed by atoms with Crippen LogP contribution in [0.4, 0.5) is 4.39 Å². The molecule has 0 radical (unpaired) electrons. The van der Waals surface area contributed by atoms with Crippen LogP contribution in [0.2, 0.25) is 0 Å². The second-order valence-corrected chi connectivity index (χ2v) is 6.43. The zero-order valence-corrected chi connectivity index (χ0v) is 13.2. The summed E-state index contributed by atoms with van der Waals surface area (Å²) in [5, 5.41) is 0.0500. The molecule has 0 amide bonds. The minimum absolute atomic E-state index is 0.0500. The fourth-order valence-corrected chi connectivity index (χ4v) is 3.68. The molecule has 0 bridgehead atoms. The van der Waals surface area contributed by atoms with Crippen LogP contribution in [0.5, 0.6) is 0 Å². The highest BCUT2D eigenvalue weighted by Crippen LogP contribution is 2.39. The van der Waals surface area contributed by atoms with Crippen molar-refractivity contribution in [1.82, 2.24) is 9.55 Å². The molecule has 4 heteroatoms. The van der Waals surface area contributed by atoms with E-state index in [1.165, 1.54) is 17.2 Å². The number of halogens is 2. The highest BCUT2D eigenvalue weighted by Gasteiger charge is 2.24. The molecule has 0 saturated heterocycles. The van der Waals surface area contributed by atoms with Crippen molar-refractivity contribution >= 4 is 11.6 Å². The van der Waals surface area contributed by atoms with E-state index in [1.54, 1.807) is 18.6 Å². The predicted octanol–water partition coefficient (Wildman–Crippen LogP) is 4.89. The van der Waals surface area contributed by atoms with Crippen LogP contribution in [0.1, 0.15) is 40.1 Å². The minimum atomic E-state index is -0.242. The van der Waals surface area contributed by atoms with E-state index in [0.717, 1.165) is 18.4 Å². The Hall–Kier alpha value is -2.13. The Balaban J connectivity index is 1.87. The van der Waals surface area contributed by atoms with Gasteiger partial charge in [0.25, 0.3) is 0 Å². The average molecular weight is 327 g/mol. The first-order valence-corrected chi connectivity index (χ1v) is 8.16. The fraction of sp³-hybridized carbons (Fsp3) is 0.211. The van der Waals surface area contributed by atoms with Crippen LogP contribution >= 0.6 is 11.6 Å². The second-order valence-electron chi connectivity index (χ2n) is 5.90. The standard InChI is InChI=1S/C19H16ClFN2/c20-17-8-7-13-5-6-14(11-16(13)17)19(23-10-9-22-12-23)15-3-1-2-4-18(15)21/h1-6,9-12,17,19H,7-8H2. The molecule has 2 aromatic carbocycles. The molecule has 2 nitrogen and oxygen atoms in total. The topological polar surface area (TPSA) is 17.8 Å². The van der Waals surface area contributed by atoms with E-state index in [0.29, 0.717) is 5.56 Å². The van der Waals surface area contributed by atoms with Crippen molar-refractivity contribution in [3.8, 4) is 0 Å². The van der Waals surface area contributed by atoms with Gasteiger partial charge in [0, 0.05) is 18.0 Å². The summed E-state index contributed by atoms with van der Waals surface area (Å²) in [6.07, 6.45) is 7.28. The maximum Gasteiger partial charge on any atom is 0.128 e. The molecule has 23 heavy (non-hydrogen) atoms. The van der Waals surface area contributed by atoms with Crippen molar-refractivity contribution in [2.75, 3.05) is 0 Å². The van der Waals surface area contributed by atoms with Crippen LogP contribution in [0.3, 0.4) is 0 Å². The number of hydrogen-bond donors (Lipinski definition) is 0. The summed E-state index contributed by atoms with van der Waals surface area (Å²) in [4.78, 5) is 4.13. The average Bonchev–Trinajstić information content (AvgIpc) is 3.21. The number of benzene rings is 2. The molecule has 0 N–H and O–H groups in total. The Labute approximate surface area is 139 Å². The minimum Gasteiger partial charge on any atom is -0.326 e. The van der Waals surface area contributed by atoms with Crippen LogP contribution in [0.25, 0.3) is 0 Å². The number of aryl methyl sites for hydroxylation is 1. The van der Waals surface area contributed by atoms with E-state index >= 15 is 0 Å². The molecule has 1 heterocycles. The van der Waals surface area contributed by atoms with Gasteiger partial charge in [0.15, 0.2) is 0 Å². The number of rotatable bonds is 3. The molecule has 2 unspecified atom stereocenters. The molecule has 0 saturated carbocycles. The first kappa shape index (κ1) is 14.5. The summed E-state index contributed by atoms with van der Waals surface area (Å²) in [6, 6.07) is 13.0. The summed E-state index contributed by atoms with van der Waals surface area (Å²) in [7, 11) is 0. The van der Waals surface area contributed by atoms with Gasteiger partial charge in [-0.1, -0.05) is 36.4 Å². The summed E-state index contributed by atoms with van der Waals surface area (Å²) in [5.74, 6) is -0.214. The Morgan fingerprint density at radius 3 is 2.87 bits per heavy atom. The lowest BCUT2D eigenvalue weighted by Gasteiger charge is -2.21. The van der Waals surface area contributed by atoms with Crippen LogP contribution in [-0.2, 0) is 6.42 Å². The van der Waals surface area contributed by atoms with Crippen LogP contribution in [0, 0.1) is 5.82 Å². The van der Waals surface area contributed by atoms with Crippen molar-refractivity contribution in [2.45, 2.75) is 24.3 Å². The van der Waals surface area contributed by atoms with Gasteiger partial charge in [0.05, 0.1) is 17.7 Å². The number of alkyl halides is 1. The number of fused-ring (bicyclic) bond motifs is 1. The zero-order valence-electron chi connectivity index (χ0n) is 12.5. The van der Waals surface area contributed by atoms with Crippen LogP contribution < -0.4 is 0 Å². The van der Waals surface area contributed by atoms with E-state index in [9.17, 15) is 4.39 Å². The molecular formula is C19H16ClFN2. The molecule has 116 valence electrons. The summed E-state index contributed by atoms with van der Waals surface area (Å²) in [5.41, 5.74) is 4.13. The third-order valence-electron chi connectivity index (χ3n) is 4.51. The fourth-order valence-electron chi connectivity index (χ4n) is 3.37. The lowest BCUT2D eigenvalue weighted by molar-refractivity contribution is 0.572. The van der Waals surface area contributed by atoms with Crippen LogP contribution in [-0.4, -0.2) is 9.55 Å². The van der Waals surface area contributed by atoms with Gasteiger partial charge in [0.2, 0.25) is 0 Å². The van der Waals surface area contributed by atoms with Crippen LogP contribution in [0.15, 0.2) is 61.2 Å². The second kappa shape index (κ2) is 5.82. The molecule has 1 aliphatic carbocycles. The monoisotopic (exact) mass is 326 g/mol. The highest BCUT2D eigenvalue weighted by atomic mass is 35.5. The van der Waals surface area contributed by atoms with Gasteiger partial charge < -0.3 is 4.57 Å². The van der Waals surface area contributed by atoms with Gasteiger partial charge in [-0.25, -0.2) is 9.37 Å².